The van der Waals surface area contributed by atoms with E-state index < -0.39 is 0 Å². The van der Waals surface area contributed by atoms with E-state index in [4.69, 9.17) is 9.68 Å². The molecule has 1 amide bonds. The molecule has 6 heteroatoms. The van der Waals surface area contributed by atoms with E-state index in [1.807, 2.05) is 23.1 Å². The summed E-state index contributed by atoms with van der Waals surface area (Å²) in [5.41, 5.74) is 1.25. The van der Waals surface area contributed by atoms with Gasteiger partial charge in [-0.25, -0.2) is 4.98 Å². The summed E-state index contributed by atoms with van der Waals surface area (Å²) in [6, 6.07) is 8.93. The molecule has 0 aliphatic carbocycles. The van der Waals surface area contributed by atoms with Crippen LogP contribution in [0.3, 0.4) is 0 Å². The molecule has 22 heavy (non-hydrogen) atoms. The van der Waals surface area contributed by atoms with Crippen molar-refractivity contribution in [2.24, 2.45) is 0 Å². The maximum Gasteiger partial charge on any atom is 0.243 e. The lowest BCUT2D eigenvalue weighted by atomic mass is 10.2. The Morgan fingerprint density at radius 3 is 3.09 bits per heavy atom. The van der Waals surface area contributed by atoms with Crippen LogP contribution in [0.1, 0.15) is 24.3 Å². The van der Waals surface area contributed by atoms with Crippen LogP contribution in [0.5, 0.6) is 0 Å². The Kier molecular flexibility index (Phi) is 4.05. The maximum atomic E-state index is 12.4. The van der Waals surface area contributed by atoms with E-state index in [9.17, 15) is 4.79 Å². The number of amides is 1. The third kappa shape index (κ3) is 2.93. The topological polar surface area (TPSA) is 82.2 Å². The lowest BCUT2D eigenvalue weighted by molar-refractivity contribution is -0.122. The number of carbonyl (C=O) groups is 1. The second-order valence-electron chi connectivity index (χ2n) is 5.16. The fourth-order valence-corrected chi connectivity index (χ4v) is 2.68. The standard InChI is InChI=1S/C16H16N4O2/c17-9-12-5-6-13(10-18-12)20-7-1-4-15(20)16(21)19-11-14-3-2-8-22-14/h2-3,5-6,8,10,15H,1,4,7,11H2,(H,19,21)/t15-/m1/s1. The molecule has 6 nitrogen and oxygen atoms in total. The normalized spacial score (nSPS) is 17.2. The molecule has 2 aromatic heterocycles. The molecule has 2 aromatic rings. The molecule has 0 bridgehead atoms. The zero-order valence-electron chi connectivity index (χ0n) is 12.0. The van der Waals surface area contributed by atoms with Crippen molar-refractivity contribution in [1.29, 1.82) is 5.26 Å². The number of aromatic nitrogens is 1. The molecule has 0 unspecified atom stereocenters. The van der Waals surface area contributed by atoms with Crippen LogP contribution in [0.25, 0.3) is 0 Å². The first-order valence-corrected chi connectivity index (χ1v) is 7.21. The quantitative estimate of drug-likeness (QED) is 0.930. The van der Waals surface area contributed by atoms with Gasteiger partial charge >= 0.3 is 0 Å². The molecule has 1 atom stereocenters. The van der Waals surface area contributed by atoms with Crippen LogP contribution in [-0.4, -0.2) is 23.5 Å². The number of carbonyl (C=O) groups excluding carboxylic acids is 1. The van der Waals surface area contributed by atoms with Crippen molar-refractivity contribution in [3.8, 4) is 6.07 Å². The second kappa shape index (κ2) is 6.31. The Balaban J connectivity index is 1.66. The Bertz CT molecular complexity index is 673. The van der Waals surface area contributed by atoms with Crippen molar-refractivity contribution in [3.63, 3.8) is 0 Å². The van der Waals surface area contributed by atoms with Crippen LogP contribution in [0.4, 0.5) is 5.69 Å². The number of rotatable bonds is 4. The summed E-state index contributed by atoms with van der Waals surface area (Å²) >= 11 is 0. The first-order chi connectivity index (χ1) is 10.8. The summed E-state index contributed by atoms with van der Waals surface area (Å²) < 4.78 is 5.21. The fourth-order valence-electron chi connectivity index (χ4n) is 2.68. The molecule has 3 heterocycles. The minimum Gasteiger partial charge on any atom is -0.467 e. The highest BCUT2D eigenvalue weighted by atomic mass is 16.3. The van der Waals surface area contributed by atoms with Crippen LogP contribution in [0, 0.1) is 11.3 Å². The first-order valence-electron chi connectivity index (χ1n) is 7.21. The van der Waals surface area contributed by atoms with Crippen molar-refractivity contribution in [2.75, 3.05) is 11.4 Å². The van der Waals surface area contributed by atoms with Crippen molar-refractivity contribution < 1.29 is 9.21 Å². The molecule has 3 rings (SSSR count). The molecule has 0 saturated carbocycles. The van der Waals surface area contributed by atoms with E-state index in [0.717, 1.165) is 30.8 Å². The maximum absolute atomic E-state index is 12.4. The highest BCUT2D eigenvalue weighted by molar-refractivity contribution is 5.85. The highest BCUT2D eigenvalue weighted by Crippen LogP contribution is 2.25. The highest BCUT2D eigenvalue weighted by Gasteiger charge is 2.30. The molecule has 0 aromatic carbocycles. The number of anilines is 1. The van der Waals surface area contributed by atoms with Crippen LogP contribution >= 0.6 is 0 Å². The molecule has 1 N–H and O–H groups in total. The van der Waals surface area contributed by atoms with E-state index in [2.05, 4.69) is 10.3 Å². The van der Waals surface area contributed by atoms with Crippen LogP contribution in [0.2, 0.25) is 0 Å². The molecule has 1 aliphatic rings. The minimum atomic E-state index is -0.204. The molecular formula is C16H16N4O2. The summed E-state index contributed by atoms with van der Waals surface area (Å²) in [7, 11) is 0. The van der Waals surface area contributed by atoms with Gasteiger partial charge in [0.2, 0.25) is 5.91 Å². The van der Waals surface area contributed by atoms with Gasteiger partial charge in [0.15, 0.2) is 0 Å². The van der Waals surface area contributed by atoms with Gasteiger partial charge in [0.05, 0.1) is 24.7 Å². The van der Waals surface area contributed by atoms with E-state index >= 15 is 0 Å². The lowest BCUT2D eigenvalue weighted by Gasteiger charge is -2.25. The summed E-state index contributed by atoms with van der Waals surface area (Å²) in [5, 5.41) is 11.7. The van der Waals surface area contributed by atoms with Gasteiger partial charge in [0, 0.05) is 6.54 Å². The van der Waals surface area contributed by atoms with Gasteiger partial charge in [0.25, 0.3) is 0 Å². The number of nitrogens with one attached hydrogen (secondary N) is 1. The summed E-state index contributed by atoms with van der Waals surface area (Å²) in [6.07, 6.45) is 5.01. The van der Waals surface area contributed by atoms with Gasteiger partial charge in [-0.3, -0.25) is 4.79 Å². The Morgan fingerprint density at radius 2 is 2.41 bits per heavy atom. The van der Waals surface area contributed by atoms with Gasteiger partial charge < -0.3 is 14.6 Å². The number of hydrogen-bond acceptors (Lipinski definition) is 5. The zero-order valence-corrected chi connectivity index (χ0v) is 12.0. The van der Waals surface area contributed by atoms with Gasteiger partial charge in [0.1, 0.15) is 23.6 Å². The van der Waals surface area contributed by atoms with E-state index in [0.29, 0.717) is 12.2 Å². The molecule has 0 spiro atoms. The third-order valence-corrected chi connectivity index (χ3v) is 3.77. The number of nitriles is 1. The lowest BCUT2D eigenvalue weighted by Crippen LogP contribution is -2.43. The monoisotopic (exact) mass is 296 g/mol. The Morgan fingerprint density at radius 1 is 1.50 bits per heavy atom. The van der Waals surface area contributed by atoms with Crippen molar-refractivity contribution in [1.82, 2.24) is 10.3 Å². The second-order valence-corrected chi connectivity index (χ2v) is 5.16. The number of furan rings is 1. The van der Waals surface area contributed by atoms with Crippen LogP contribution in [0.15, 0.2) is 41.1 Å². The molecule has 1 saturated heterocycles. The SMILES string of the molecule is N#Cc1ccc(N2CCC[C@@H]2C(=O)NCc2ccco2)cn1. The van der Waals surface area contributed by atoms with Gasteiger partial charge in [-0.1, -0.05) is 0 Å². The molecule has 112 valence electrons. The largest absolute Gasteiger partial charge is 0.467 e. The van der Waals surface area contributed by atoms with Crippen molar-refractivity contribution >= 4 is 11.6 Å². The molecule has 1 aliphatic heterocycles. The van der Waals surface area contributed by atoms with E-state index in [-0.39, 0.29) is 11.9 Å². The molecule has 0 radical (unpaired) electrons. The number of nitrogens with zero attached hydrogens (tertiary/aromatic N) is 3. The van der Waals surface area contributed by atoms with Gasteiger partial charge in [-0.15, -0.1) is 0 Å². The van der Waals surface area contributed by atoms with E-state index in [1.165, 1.54) is 0 Å². The third-order valence-electron chi connectivity index (χ3n) is 3.77. The average Bonchev–Trinajstić information content (AvgIpc) is 3.24. The van der Waals surface area contributed by atoms with Crippen LogP contribution < -0.4 is 10.2 Å². The predicted molar refractivity (Wildman–Crippen MR) is 79.9 cm³/mol. The minimum absolute atomic E-state index is 0.0155. The summed E-state index contributed by atoms with van der Waals surface area (Å²) in [6.45, 7) is 1.20. The average molecular weight is 296 g/mol. The summed E-state index contributed by atoms with van der Waals surface area (Å²) in [5.74, 6) is 0.719. The molecule has 1 fully saturated rings. The Hall–Kier alpha value is -2.81. The smallest absolute Gasteiger partial charge is 0.243 e. The van der Waals surface area contributed by atoms with Crippen molar-refractivity contribution in [3.05, 3.63) is 48.2 Å². The number of hydrogen-bond donors (Lipinski definition) is 1. The van der Waals surface area contributed by atoms with Crippen molar-refractivity contribution in [2.45, 2.75) is 25.4 Å². The number of pyridine rings is 1. The fraction of sp³-hybridized carbons (Fsp3) is 0.312. The Labute approximate surface area is 128 Å². The summed E-state index contributed by atoms with van der Waals surface area (Å²) in [4.78, 5) is 18.5. The van der Waals surface area contributed by atoms with E-state index in [1.54, 1.807) is 24.6 Å². The predicted octanol–water partition coefficient (Wildman–Crippen LogP) is 1.83. The first kappa shape index (κ1) is 14.1. The van der Waals surface area contributed by atoms with Gasteiger partial charge in [-0.2, -0.15) is 5.26 Å². The molecular weight excluding hydrogens is 280 g/mol. The van der Waals surface area contributed by atoms with Crippen LogP contribution in [-0.2, 0) is 11.3 Å². The van der Waals surface area contributed by atoms with Gasteiger partial charge in [-0.05, 0) is 37.1 Å². The zero-order chi connectivity index (χ0) is 15.4.